The number of carbonyl (C=O) groups is 1. The molecule has 1 N–H and O–H groups in total. The molecule has 0 aromatic carbocycles. The molecule has 0 bridgehead atoms. The first kappa shape index (κ1) is 14.1. The lowest BCUT2D eigenvalue weighted by Gasteiger charge is -2.02. The van der Waals surface area contributed by atoms with E-state index in [0.29, 0.717) is 16.5 Å². The maximum atomic E-state index is 12.6. The molecule has 0 radical (unpaired) electrons. The van der Waals surface area contributed by atoms with Crippen molar-refractivity contribution in [2.24, 2.45) is 0 Å². The number of nitrogens with zero attached hydrogens (tertiary/aromatic N) is 3. The fraction of sp³-hybridized carbons (Fsp3) is 0.0625. The number of amides is 1. The van der Waals surface area contributed by atoms with Crippen LogP contribution in [0.25, 0.3) is 16.2 Å². The molecule has 0 atom stereocenters. The smallest absolute Gasteiger partial charge is 0.276 e. The minimum absolute atomic E-state index is 0.201. The number of hydrogen-bond donors (Lipinski definition) is 1. The lowest BCUT2D eigenvalue weighted by atomic mass is 10.3. The summed E-state index contributed by atoms with van der Waals surface area (Å²) in [5, 5.41) is 7.41. The van der Waals surface area contributed by atoms with Crippen LogP contribution < -0.4 is 5.32 Å². The second-order valence-corrected chi connectivity index (χ2v) is 6.75. The number of hydrogen-bond acceptors (Lipinski definition) is 5. The van der Waals surface area contributed by atoms with Crippen LogP contribution in [0.2, 0.25) is 0 Å². The Bertz CT molecular complexity index is 985. The van der Waals surface area contributed by atoms with Crippen LogP contribution in [-0.2, 0) is 0 Å². The van der Waals surface area contributed by atoms with Gasteiger partial charge < -0.3 is 0 Å². The third-order valence-corrected chi connectivity index (χ3v) is 5.07. The lowest BCUT2D eigenvalue weighted by Crippen LogP contribution is -2.15. The molecular weight excluding hydrogens is 328 g/mol. The molecule has 0 saturated heterocycles. The number of imidazole rings is 1. The quantitative estimate of drug-likeness (QED) is 0.611. The van der Waals surface area contributed by atoms with Gasteiger partial charge in [0.1, 0.15) is 11.3 Å². The largest absolute Gasteiger partial charge is 0.296 e. The number of rotatable bonds is 3. The summed E-state index contributed by atoms with van der Waals surface area (Å²) in [6.45, 7) is 1.83. The van der Waals surface area contributed by atoms with Crippen LogP contribution in [0, 0.1) is 6.92 Å². The normalized spacial score (nSPS) is 11.0. The van der Waals surface area contributed by atoms with E-state index < -0.39 is 0 Å². The Labute approximate surface area is 140 Å². The zero-order chi connectivity index (χ0) is 15.8. The van der Waals surface area contributed by atoms with E-state index in [-0.39, 0.29) is 5.91 Å². The number of nitrogens with one attached hydrogen (secondary N) is 1. The predicted octanol–water partition coefficient (Wildman–Crippen LogP) is 4.08. The molecule has 0 aliphatic rings. The molecule has 23 heavy (non-hydrogen) atoms. The molecule has 114 valence electrons. The van der Waals surface area contributed by atoms with E-state index in [4.69, 9.17) is 0 Å². The molecular formula is C16H12N4OS2. The number of thiophene rings is 1. The van der Waals surface area contributed by atoms with Crippen molar-refractivity contribution < 1.29 is 4.79 Å². The number of thiazole rings is 1. The van der Waals surface area contributed by atoms with Crippen LogP contribution in [0.5, 0.6) is 0 Å². The molecule has 0 fully saturated rings. The fourth-order valence-electron chi connectivity index (χ4n) is 2.41. The second-order valence-electron chi connectivity index (χ2n) is 4.94. The Hall–Kier alpha value is -2.51. The summed E-state index contributed by atoms with van der Waals surface area (Å²) in [7, 11) is 0. The van der Waals surface area contributed by atoms with Gasteiger partial charge in [-0.15, -0.1) is 22.7 Å². The van der Waals surface area contributed by atoms with Gasteiger partial charge in [0.25, 0.3) is 5.91 Å². The molecule has 0 unspecified atom stereocenters. The number of carbonyl (C=O) groups excluding carboxylic acids is 1. The molecule has 5 nitrogen and oxygen atoms in total. The Morgan fingerprint density at radius 2 is 2.09 bits per heavy atom. The van der Waals surface area contributed by atoms with Crippen LogP contribution in [0.3, 0.4) is 0 Å². The topological polar surface area (TPSA) is 59.3 Å². The molecule has 0 aliphatic heterocycles. The van der Waals surface area contributed by atoms with Gasteiger partial charge in [-0.3, -0.25) is 14.5 Å². The number of aryl methyl sites for hydroxylation is 1. The first-order valence-corrected chi connectivity index (χ1v) is 8.73. The van der Waals surface area contributed by atoms with Crippen LogP contribution in [0.4, 0.5) is 5.13 Å². The average Bonchev–Trinajstić information content (AvgIpc) is 3.25. The first-order chi connectivity index (χ1) is 11.2. The van der Waals surface area contributed by atoms with E-state index in [2.05, 4.69) is 15.3 Å². The van der Waals surface area contributed by atoms with Gasteiger partial charge in [-0.25, -0.2) is 9.97 Å². The minimum atomic E-state index is -0.201. The summed E-state index contributed by atoms with van der Waals surface area (Å²) in [5.74, 6) is -0.201. The van der Waals surface area contributed by atoms with E-state index in [0.717, 1.165) is 16.2 Å². The second kappa shape index (κ2) is 5.60. The van der Waals surface area contributed by atoms with Gasteiger partial charge in [-0.2, -0.15) is 0 Å². The van der Waals surface area contributed by atoms with E-state index in [1.54, 1.807) is 15.7 Å². The monoisotopic (exact) mass is 340 g/mol. The highest BCUT2D eigenvalue weighted by atomic mass is 32.1. The van der Waals surface area contributed by atoms with Crippen molar-refractivity contribution in [3.63, 3.8) is 0 Å². The van der Waals surface area contributed by atoms with E-state index in [9.17, 15) is 4.79 Å². The van der Waals surface area contributed by atoms with Crippen molar-refractivity contribution in [2.45, 2.75) is 6.92 Å². The van der Waals surface area contributed by atoms with Crippen LogP contribution in [0.1, 0.15) is 16.2 Å². The maximum Gasteiger partial charge on any atom is 0.276 e. The van der Waals surface area contributed by atoms with Gasteiger partial charge in [0, 0.05) is 11.6 Å². The molecule has 4 aromatic heterocycles. The molecule has 1 amide bonds. The van der Waals surface area contributed by atoms with Gasteiger partial charge >= 0.3 is 0 Å². The first-order valence-electron chi connectivity index (χ1n) is 6.97. The van der Waals surface area contributed by atoms with Crippen molar-refractivity contribution in [1.82, 2.24) is 14.4 Å². The van der Waals surface area contributed by atoms with Gasteiger partial charge in [0.05, 0.1) is 16.3 Å². The van der Waals surface area contributed by atoms with Crippen molar-refractivity contribution in [3.8, 4) is 10.6 Å². The Morgan fingerprint density at radius 1 is 1.17 bits per heavy atom. The van der Waals surface area contributed by atoms with Crippen molar-refractivity contribution >= 4 is 39.4 Å². The predicted molar refractivity (Wildman–Crippen MR) is 93.3 cm³/mol. The summed E-state index contributed by atoms with van der Waals surface area (Å²) >= 11 is 3.05. The molecule has 4 rings (SSSR count). The van der Waals surface area contributed by atoms with Crippen LogP contribution in [0.15, 0.2) is 47.3 Å². The van der Waals surface area contributed by atoms with Crippen molar-refractivity contribution in [2.75, 3.05) is 5.32 Å². The molecule has 4 heterocycles. The molecule has 4 aromatic rings. The van der Waals surface area contributed by atoms with Crippen molar-refractivity contribution in [1.29, 1.82) is 0 Å². The summed E-state index contributed by atoms with van der Waals surface area (Å²) in [4.78, 5) is 22.6. The summed E-state index contributed by atoms with van der Waals surface area (Å²) in [6.07, 6.45) is 1.84. The summed E-state index contributed by atoms with van der Waals surface area (Å²) in [5.41, 5.74) is 2.88. The minimum Gasteiger partial charge on any atom is -0.296 e. The SMILES string of the molecule is Cc1nc2ccccn2c1C(=O)Nc1nc(-c2cccs2)cs1. The standard InChI is InChI=1S/C16H12N4OS2/c1-10-14(20-7-3-2-6-13(20)17-10)15(21)19-16-18-11(9-23-16)12-5-4-8-22-12/h2-9H,1H3,(H,18,19,21). The zero-order valence-electron chi connectivity index (χ0n) is 12.2. The van der Waals surface area contributed by atoms with Crippen LogP contribution in [-0.4, -0.2) is 20.3 Å². The highest BCUT2D eigenvalue weighted by molar-refractivity contribution is 7.16. The fourth-order valence-corrected chi connectivity index (χ4v) is 3.88. The zero-order valence-corrected chi connectivity index (χ0v) is 13.8. The lowest BCUT2D eigenvalue weighted by molar-refractivity contribution is 0.102. The van der Waals surface area contributed by atoms with Gasteiger partial charge in [-0.05, 0) is 30.5 Å². The molecule has 7 heteroatoms. The highest BCUT2D eigenvalue weighted by Crippen LogP contribution is 2.28. The third-order valence-electron chi connectivity index (χ3n) is 3.42. The molecule has 0 aliphatic carbocycles. The maximum absolute atomic E-state index is 12.6. The van der Waals surface area contributed by atoms with E-state index >= 15 is 0 Å². The summed E-state index contributed by atoms with van der Waals surface area (Å²) in [6, 6.07) is 9.65. The third kappa shape index (κ3) is 2.54. The number of pyridine rings is 1. The molecule has 0 spiro atoms. The van der Waals surface area contributed by atoms with Crippen molar-refractivity contribution in [3.05, 3.63) is 58.7 Å². The Kier molecular flexibility index (Phi) is 3.44. The van der Waals surface area contributed by atoms with Gasteiger partial charge in [-0.1, -0.05) is 12.1 Å². The Morgan fingerprint density at radius 3 is 2.91 bits per heavy atom. The van der Waals surface area contributed by atoms with Crippen LogP contribution >= 0.6 is 22.7 Å². The number of anilines is 1. The van der Waals surface area contributed by atoms with E-state index in [1.807, 2.05) is 54.2 Å². The van der Waals surface area contributed by atoms with Gasteiger partial charge in [0.2, 0.25) is 0 Å². The number of aromatic nitrogens is 3. The average molecular weight is 340 g/mol. The highest BCUT2D eigenvalue weighted by Gasteiger charge is 2.17. The van der Waals surface area contributed by atoms with E-state index in [1.165, 1.54) is 11.3 Å². The van der Waals surface area contributed by atoms with Gasteiger partial charge in [0.15, 0.2) is 5.13 Å². The Balaban J connectivity index is 1.64. The number of fused-ring (bicyclic) bond motifs is 1. The summed E-state index contributed by atoms with van der Waals surface area (Å²) < 4.78 is 1.79. The molecule has 0 saturated carbocycles.